The lowest BCUT2D eigenvalue weighted by molar-refractivity contribution is 0.200. The Balaban J connectivity index is 2.19. The van der Waals surface area contributed by atoms with Gasteiger partial charge in [-0.25, -0.2) is 0 Å². The molecule has 0 unspecified atom stereocenters. The summed E-state index contributed by atoms with van der Waals surface area (Å²) in [4.78, 5) is 2.44. The minimum absolute atomic E-state index is 0.256. The Morgan fingerprint density at radius 2 is 1.50 bits per heavy atom. The second kappa shape index (κ2) is 4.70. The van der Waals surface area contributed by atoms with Crippen LogP contribution in [-0.2, 0) is 10.8 Å². The summed E-state index contributed by atoms with van der Waals surface area (Å²) in [6.07, 6.45) is 2.55. The topological polar surface area (TPSA) is 3.24 Å². The summed E-state index contributed by atoms with van der Waals surface area (Å²) in [7, 11) is 2.22. The van der Waals surface area contributed by atoms with Gasteiger partial charge in [-0.3, -0.25) is 0 Å². The number of likely N-dealkylation sites (tertiary alicyclic amines) is 1. The molecule has 1 heterocycles. The number of hydrogen-bond donors (Lipinski definition) is 0. The van der Waals surface area contributed by atoms with Crippen molar-refractivity contribution < 1.29 is 0 Å². The fraction of sp³-hybridized carbons (Fsp3) is 0.647. The van der Waals surface area contributed by atoms with E-state index < -0.39 is 0 Å². The average Bonchev–Trinajstić information content (AvgIpc) is 2.32. The lowest BCUT2D eigenvalue weighted by Crippen LogP contribution is -2.38. The molecule has 0 amide bonds. The van der Waals surface area contributed by atoms with Crippen LogP contribution in [0.1, 0.15) is 51.7 Å². The van der Waals surface area contributed by atoms with Gasteiger partial charge in [-0.15, -0.1) is 0 Å². The molecule has 0 aliphatic carbocycles. The van der Waals surface area contributed by atoms with Crippen molar-refractivity contribution in [1.82, 2.24) is 4.90 Å². The number of hydrogen-bond acceptors (Lipinski definition) is 1. The van der Waals surface area contributed by atoms with Crippen LogP contribution < -0.4 is 0 Å². The number of piperidine rings is 1. The van der Waals surface area contributed by atoms with Crippen molar-refractivity contribution in [3.8, 4) is 0 Å². The molecule has 18 heavy (non-hydrogen) atoms. The molecule has 0 N–H and O–H groups in total. The largest absolute Gasteiger partial charge is 0.306 e. The van der Waals surface area contributed by atoms with Crippen molar-refractivity contribution in [2.45, 2.75) is 51.4 Å². The normalized spacial score (nSPS) is 20.9. The SMILES string of the molecule is CN1CCC(C)(c2ccc(C(C)(C)C)cc2)CC1. The van der Waals surface area contributed by atoms with Gasteiger partial charge in [0.05, 0.1) is 0 Å². The monoisotopic (exact) mass is 245 g/mol. The van der Waals surface area contributed by atoms with Crippen molar-refractivity contribution in [3.05, 3.63) is 35.4 Å². The first kappa shape index (κ1) is 13.6. The molecular formula is C17H27N. The Hall–Kier alpha value is -0.820. The third-order valence-electron chi connectivity index (χ3n) is 4.54. The number of nitrogens with zero attached hydrogens (tertiary/aromatic N) is 1. The summed E-state index contributed by atoms with van der Waals surface area (Å²) < 4.78 is 0. The number of rotatable bonds is 1. The highest BCUT2D eigenvalue weighted by atomic mass is 15.1. The molecule has 1 aliphatic heterocycles. The van der Waals surface area contributed by atoms with Crippen molar-refractivity contribution in [1.29, 1.82) is 0 Å². The van der Waals surface area contributed by atoms with E-state index in [0.29, 0.717) is 5.41 Å². The molecule has 1 aromatic rings. The van der Waals surface area contributed by atoms with Crippen LogP contribution in [0.15, 0.2) is 24.3 Å². The van der Waals surface area contributed by atoms with E-state index in [2.05, 4.69) is 63.9 Å². The van der Waals surface area contributed by atoms with Gasteiger partial charge >= 0.3 is 0 Å². The predicted octanol–water partition coefficient (Wildman–Crippen LogP) is 3.97. The maximum absolute atomic E-state index is 2.44. The molecule has 0 atom stereocenters. The fourth-order valence-electron chi connectivity index (χ4n) is 2.77. The summed E-state index contributed by atoms with van der Waals surface area (Å²) in [5, 5.41) is 0. The van der Waals surface area contributed by atoms with Crippen molar-refractivity contribution in [2.24, 2.45) is 0 Å². The van der Waals surface area contributed by atoms with Crippen molar-refractivity contribution >= 4 is 0 Å². The minimum atomic E-state index is 0.256. The number of benzene rings is 1. The Kier molecular flexibility index (Phi) is 3.55. The first-order valence-electron chi connectivity index (χ1n) is 7.11. The highest BCUT2D eigenvalue weighted by Crippen LogP contribution is 2.35. The van der Waals surface area contributed by atoms with Crippen LogP contribution in [-0.4, -0.2) is 25.0 Å². The van der Waals surface area contributed by atoms with Crippen LogP contribution in [0.4, 0.5) is 0 Å². The Labute approximate surface area is 112 Å². The van der Waals surface area contributed by atoms with E-state index in [4.69, 9.17) is 0 Å². The second-order valence-corrected chi connectivity index (χ2v) is 7.19. The molecule has 2 rings (SSSR count). The average molecular weight is 245 g/mol. The molecule has 0 saturated carbocycles. The van der Waals surface area contributed by atoms with Gasteiger partial charge in [0.2, 0.25) is 0 Å². The summed E-state index contributed by atoms with van der Waals surface area (Å²) in [6.45, 7) is 11.7. The van der Waals surface area contributed by atoms with Crippen LogP contribution in [0, 0.1) is 0 Å². The van der Waals surface area contributed by atoms with E-state index in [-0.39, 0.29) is 5.41 Å². The van der Waals surface area contributed by atoms with Crippen molar-refractivity contribution in [2.75, 3.05) is 20.1 Å². The zero-order chi connectivity index (χ0) is 13.4. The Morgan fingerprint density at radius 3 is 1.94 bits per heavy atom. The van der Waals surface area contributed by atoms with Crippen molar-refractivity contribution in [3.63, 3.8) is 0 Å². The molecule has 0 aromatic heterocycles. The van der Waals surface area contributed by atoms with Crippen LogP contribution in [0.2, 0.25) is 0 Å². The first-order valence-corrected chi connectivity index (χ1v) is 7.11. The molecule has 1 aromatic carbocycles. The van der Waals surface area contributed by atoms with Gasteiger partial charge in [-0.1, -0.05) is 52.0 Å². The lowest BCUT2D eigenvalue weighted by Gasteiger charge is -2.38. The lowest BCUT2D eigenvalue weighted by atomic mass is 9.74. The molecule has 0 spiro atoms. The molecule has 1 nitrogen and oxygen atoms in total. The van der Waals surface area contributed by atoms with E-state index in [0.717, 1.165) is 0 Å². The third kappa shape index (κ3) is 2.77. The quantitative estimate of drug-likeness (QED) is 0.723. The molecule has 100 valence electrons. The van der Waals surface area contributed by atoms with Gasteiger partial charge in [0.15, 0.2) is 0 Å². The van der Waals surface area contributed by atoms with Gasteiger partial charge in [0.25, 0.3) is 0 Å². The molecule has 0 bridgehead atoms. The zero-order valence-corrected chi connectivity index (χ0v) is 12.6. The van der Waals surface area contributed by atoms with Crippen LogP contribution in [0.5, 0.6) is 0 Å². The minimum Gasteiger partial charge on any atom is -0.306 e. The fourth-order valence-corrected chi connectivity index (χ4v) is 2.77. The summed E-state index contributed by atoms with van der Waals surface area (Å²) in [5.74, 6) is 0. The van der Waals surface area contributed by atoms with Gasteiger partial charge in [-0.2, -0.15) is 0 Å². The van der Waals surface area contributed by atoms with Crippen LogP contribution in [0.25, 0.3) is 0 Å². The molecular weight excluding hydrogens is 218 g/mol. The van der Waals surface area contributed by atoms with Gasteiger partial charge in [0, 0.05) is 0 Å². The Bertz CT molecular complexity index is 389. The maximum Gasteiger partial charge on any atom is -0.00134 e. The van der Waals surface area contributed by atoms with Gasteiger partial charge in [-0.05, 0) is 54.9 Å². The molecule has 1 fully saturated rings. The Morgan fingerprint density at radius 1 is 1.00 bits per heavy atom. The van der Waals surface area contributed by atoms with Crippen LogP contribution >= 0.6 is 0 Å². The summed E-state index contributed by atoms with van der Waals surface area (Å²) in [5.41, 5.74) is 3.58. The predicted molar refractivity (Wildman–Crippen MR) is 79.2 cm³/mol. The first-order chi connectivity index (χ1) is 8.31. The maximum atomic E-state index is 2.44. The van der Waals surface area contributed by atoms with Gasteiger partial charge < -0.3 is 4.90 Å². The highest BCUT2D eigenvalue weighted by molar-refractivity contribution is 5.32. The van der Waals surface area contributed by atoms with Crippen LogP contribution in [0.3, 0.4) is 0 Å². The zero-order valence-electron chi connectivity index (χ0n) is 12.6. The third-order valence-corrected chi connectivity index (χ3v) is 4.54. The standard InChI is InChI=1S/C17H27N/c1-16(2,3)14-6-8-15(9-7-14)17(4)10-12-18(5)13-11-17/h6-9H,10-13H2,1-5H3. The summed E-state index contributed by atoms with van der Waals surface area (Å²) in [6, 6.07) is 9.34. The smallest absolute Gasteiger partial charge is 0.00134 e. The second-order valence-electron chi connectivity index (χ2n) is 7.19. The summed E-state index contributed by atoms with van der Waals surface area (Å²) >= 11 is 0. The van der Waals surface area contributed by atoms with E-state index >= 15 is 0 Å². The van der Waals surface area contributed by atoms with E-state index in [9.17, 15) is 0 Å². The van der Waals surface area contributed by atoms with E-state index in [1.165, 1.54) is 37.1 Å². The van der Waals surface area contributed by atoms with E-state index in [1.54, 1.807) is 0 Å². The van der Waals surface area contributed by atoms with Gasteiger partial charge in [0.1, 0.15) is 0 Å². The molecule has 1 aliphatic rings. The molecule has 1 heteroatoms. The molecule has 0 radical (unpaired) electrons. The van der Waals surface area contributed by atoms with E-state index in [1.807, 2.05) is 0 Å². The molecule has 1 saturated heterocycles. The highest BCUT2D eigenvalue weighted by Gasteiger charge is 2.30.